The number of thiol groups is 1. The molecule has 0 aromatic heterocycles. The highest BCUT2D eigenvalue weighted by atomic mass is 32.1. The molecule has 1 aromatic rings. The van der Waals surface area contributed by atoms with Gasteiger partial charge >= 0.3 is 0 Å². The van der Waals surface area contributed by atoms with Crippen molar-refractivity contribution in [3.8, 4) is 0 Å². The van der Waals surface area contributed by atoms with E-state index in [-0.39, 0.29) is 11.9 Å². The largest absolute Gasteiger partial charge is 0.337 e. The Morgan fingerprint density at radius 3 is 2.80 bits per heavy atom. The molecule has 1 aromatic carbocycles. The lowest BCUT2D eigenvalue weighted by Gasteiger charge is -2.16. The second kappa shape index (κ2) is 4.24. The van der Waals surface area contributed by atoms with Gasteiger partial charge in [0.25, 0.3) is 5.91 Å². The number of amides is 1. The molecule has 0 bridgehead atoms. The van der Waals surface area contributed by atoms with Crippen molar-refractivity contribution >= 4 is 18.5 Å². The Hall–Kier alpha value is -1.00. The first kappa shape index (κ1) is 10.5. The Labute approximate surface area is 94.7 Å². The normalized spacial score (nSPS) is 20.7. The minimum Gasteiger partial charge on any atom is -0.337 e. The maximum atomic E-state index is 12.0. The van der Waals surface area contributed by atoms with E-state index >= 15 is 0 Å². The number of nitrogens with zero attached hydrogens (tertiary/aromatic N) is 1. The van der Waals surface area contributed by atoms with Crippen LogP contribution < -0.4 is 5.73 Å². The first-order chi connectivity index (χ1) is 7.18. The standard InChI is InChI=1S/C11H14N2OS/c12-8-5-6-13(7-8)11(14)9-3-1-2-4-10(9)15/h1-4,8,15H,5-7,12H2. The maximum Gasteiger partial charge on any atom is 0.255 e. The number of hydrogen-bond donors (Lipinski definition) is 2. The van der Waals surface area contributed by atoms with Crippen LogP contribution in [0.4, 0.5) is 0 Å². The van der Waals surface area contributed by atoms with Gasteiger partial charge in [-0.1, -0.05) is 12.1 Å². The molecule has 1 unspecified atom stereocenters. The van der Waals surface area contributed by atoms with Crippen molar-refractivity contribution in [2.75, 3.05) is 13.1 Å². The summed E-state index contributed by atoms with van der Waals surface area (Å²) in [6.45, 7) is 1.41. The van der Waals surface area contributed by atoms with E-state index in [9.17, 15) is 4.79 Å². The van der Waals surface area contributed by atoms with Gasteiger partial charge in [-0.3, -0.25) is 4.79 Å². The number of carbonyl (C=O) groups excluding carboxylic acids is 1. The van der Waals surface area contributed by atoms with E-state index in [1.807, 2.05) is 18.2 Å². The second-order valence-electron chi connectivity index (χ2n) is 3.82. The SMILES string of the molecule is NC1CCN(C(=O)c2ccccc2S)C1. The highest BCUT2D eigenvalue weighted by Crippen LogP contribution is 2.18. The van der Waals surface area contributed by atoms with Crippen LogP contribution in [0.5, 0.6) is 0 Å². The van der Waals surface area contributed by atoms with E-state index in [2.05, 4.69) is 12.6 Å². The molecule has 1 heterocycles. The van der Waals surface area contributed by atoms with Gasteiger partial charge in [-0.15, -0.1) is 12.6 Å². The van der Waals surface area contributed by atoms with Crippen LogP contribution in [0.15, 0.2) is 29.2 Å². The predicted molar refractivity (Wildman–Crippen MR) is 62.2 cm³/mol. The fraction of sp³-hybridized carbons (Fsp3) is 0.364. The van der Waals surface area contributed by atoms with Crippen molar-refractivity contribution in [1.82, 2.24) is 4.90 Å². The van der Waals surface area contributed by atoms with Crippen LogP contribution in [0.1, 0.15) is 16.8 Å². The fourth-order valence-electron chi connectivity index (χ4n) is 1.80. The molecule has 0 radical (unpaired) electrons. The van der Waals surface area contributed by atoms with Gasteiger partial charge in [-0.2, -0.15) is 0 Å². The lowest BCUT2D eigenvalue weighted by Crippen LogP contribution is -2.32. The summed E-state index contributed by atoms with van der Waals surface area (Å²) in [5.74, 6) is 0.0357. The van der Waals surface area contributed by atoms with Crippen molar-refractivity contribution in [2.24, 2.45) is 5.73 Å². The highest BCUT2D eigenvalue weighted by Gasteiger charge is 2.25. The maximum absolute atomic E-state index is 12.0. The number of rotatable bonds is 1. The van der Waals surface area contributed by atoms with Gasteiger partial charge in [0, 0.05) is 24.0 Å². The zero-order valence-electron chi connectivity index (χ0n) is 8.39. The molecule has 1 saturated heterocycles. The lowest BCUT2D eigenvalue weighted by atomic mass is 10.2. The Balaban J connectivity index is 2.18. The molecular formula is C11H14N2OS. The molecule has 15 heavy (non-hydrogen) atoms. The molecule has 4 heteroatoms. The lowest BCUT2D eigenvalue weighted by molar-refractivity contribution is 0.0787. The Morgan fingerprint density at radius 2 is 2.20 bits per heavy atom. The van der Waals surface area contributed by atoms with Crippen LogP contribution in [0, 0.1) is 0 Å². The molecule has 1 fully saturated rings. The highest BCUT2D eigenvalue weighted by molar-refractivity contribution is 7.80. The van der Waals surface area contributed by atoms with Crippen LogP contribution in [0.2, 0.25) is 0 Å². The van der Waals surface area contributed by atoms with E-state index in [4.69, 9.17) is 5.73 Å². The van der Waals surface area contributed by atoms with Gasteiger partial charge in [0.1, 0.15) is 0 Å². The average Bonchev–Trinajstić information content (AvgIpc) is 2.65. The Bertz CT molecular complexity index is 381. The zero-order valence-corrected chi connectivity index (χ0v) is 9.28. The third-order valence-corrected chi connectivity index (χ3v) is 3.04. The fourth-order valence-corrected chi connectivity index (χ4v) is 2.05. The molecule has 0 saturated carbocycles. The number of carbonyl (C=O) groups is 1. The van der Waals surface area contributed by atoms with Gasteiger partial charge in [0.05, 0.1) is 5.56 Å². The third-order valence-electron chi connectivity index (χ3n) is 2.65. The second-order valence-corrected chi connectivity index (χ2v) is 4.30. The number of hydrogen-bond acceptors (Lipinski definition) is 3. The van der Waals surface area contributed by atoms with Gasteiger partial charge < -0.3 is 10.6 Å². The van der Waals surface area contributed by atoms with E-state index in [0.717, 1.165) is 17.9 Å². The zero-order chi connectivity index (χ0) is 10.8. The molecule has 1 amide bonds. The summed E-state index contributed by atoms with van der Waals surface area (Å²) < 4.78 is 0. The van der Waals surface area contributed by atoms with E-state index in [1.165, 1.54) is 0 Å². The minimum absolute atomic E-state index is 0.0357. The molecule has 1 atom stereocenters. The molecule has 2 rings (SSSR count). The Kier molecular flexibility index (Phi) is 2.98. The Morgan fingerprint density at radius 1 is 1.47 bits per heavy atom. The molecule has 0 spiro atoms. The predicted octanol–water partition coefficient (Wildman–Crippen LogP) is 1.15. The van der Waals surface area contributed by atoms with Crippen molar-refractivity contribution in [3.05, 3.63) is 29.8 Å². The minimum atomic E-state index is 0.0357. The van der Waals surface area contributed by atoms with E-state index < -0.39 is 0 Å². The molecular weight excluding hydrogens is 208 g/mol. The average molecular weight is 222 g/mol. The van der Waals surface area contributed by atoms with Crippen molar-refractivity contribution in [1.29, 1.82) is 0 Å². The van der Waals surface area contributed by atoms with Gasteiger partial charge in [0.15, 0.2) is 0 Å². The third kappa shape index (κ3) is 2.16. The van der Waals surface area contributed by atoms with E-state index in [1.54, 1.807) is 11.0 Å². The van der Waals surface area contributed by atoms with Crippen LogP contribution in [-0.2, 0) is 0 Å². The molecule has 3 nitrogen and oxygen atoms in total. The monoisotopic (exact) mass is 222 g/mol. The topological polar surface area (TPSA) is 46.3 Å². The van der Waals surface area contributed by atoms with Crippen molar-refractivity contribution in [3.63, 3.8) is 0 Å². The summed E-state index contributed by atoms with van der Waals surface area (Å²) in [5, 5.41) is 0. The quantitative estimate of drug-likeness (QED) is 0.700. The summed E-state index contributed by atoms with van der Waals surface area (Å²) in [5.41, 5.74) is 6.43. The molecule has 1 aliphatic heterocycles. The van der Waals surface area contributed by atoms with E-state index in [0.29, 0.717) is 12.1 Å². The van der Waals surface area contributed by atoms with Crippen LogP contribution in [-0.4, -0.2) is 29.9 Å². The summed E-state index contributed by atoms with van der Waals surface area (Å²) in [6.07, 6.45) is 0.889. The van der Waals surface area contributed by atoms with Crippen molar-refractivity contribution < 1.29 is 4.79 Å². The number of nitrogens with two attached hydrogens (primary N) is 1. The summed E-state index contributed by atoms with van der Waals surface area (Å²) in [4.78, 5) is 14.6. The molecule has 2 N–H and O–H groups in total. The van der Waals surface area contributed by atoms with Crippen LogP contribution in [0.3, 0.4) is 0 Å². The van der Waals surface area contributed by atoms with Gasteiger partial charge in [-0.25, -0.2) is 0 Å². The molecule has 0 aliphatic carbocycles. The number of benzene rings is 1. The molecule has 80 valence electrons. The van der Waals surface area contributed by atoms with Crippen LogP contribution >= 0.6 is 12.6 Å². The number of likely N-dealkylation sites (tertiary alicyclic amines) is 1. The van der Waals surface area contributed by atoms with Gasteiger partial charge in [-0.05, 0) is 18.6 Å². The first-order valence-electron chi connectivity index (χ1n) is 5.01. The van der Waals surface area contributed by atoms with Crippen molar-refractivity contribution in [2.45, 2.75) is 17.4 Å². The van der Waals surface area contributed by atoms with Gasteiger partial charge in [0.2, 0.25) is 0 Å². The molecule has 1 aliphatic rings. The van der Waals surface area contributed by atoms with Crippen LogP contribution in [0.25, 0.3) is 0 Å². The summed E-state index contributed by atoms with van der Waals surface area (Å²) in [6, 6.07) is 7.47. The smallest absolute Gasteiger partial charge is 0.255 e. The summed E-state index contributed by atoms with van der Waals surface area (Å²) in [7, 11) is 0. The summed E-state index contributed by atoms with van der Waals surface area (Å²) >= 11 is 4.27. The first-order valence-corrected chi connectivity index (χ1v) is 5.46.